The summed E-state index contributed by atoms with van der Waals surface area (Å²) in [6.07, 6.45) is 1.11. The number of hydrogen-bond acceptors (Lipinski definition) is 6. The van der Waals surface area contributed by atoms with Crippen LogP contribution in [0.1, 0.15) is 27.6 Å². The predicted molar refractivity (Wildman–Crippen MR) is 111 cm³/mol. The van der Waals surface area contributed by atoms with E-state index in [2.05, 4.69) is 20.2 Å². The van der Waals surface area contributed by atoms with Crippen LogP contribution in [0.4, 0.5) is 11.4 Å². The molecule has 1 amide bonds. The van der Waals surface area contributed by atoms with Crippen molar-refractivity contribution in [2.75, 3.05) is 16.6 Å². The lowest BCUT2D eigenvalue weighted by Crippen LogP contribution is -2.19. The number of esters is 1. The molecule has 0 aliphatic carbocycles. The Morgan fingerprint density at radius 1 is 1.07 bits per heavy atom. The fraction of sp³-hybridized carbons (Fsp3) is 0.105. The van der Waals surface area contributed by atoms with Crippen molar-refractivity contribution < 1.29 is 22.7 Å². The fourth-order valence-corrected chi connectivity index (χ4v) is 3.75. The highest BCUT2D eigenvalue weighted by Gasteiger charge is 2.25. The lowest BCUT2D eigenvalue weighted by molar-refractivity contribution is 0.0526. The first kappa shape index (κ1) is 21.3. The number of nitrogens with zero attached hydrogens (tertiary/aromatic N) is 1. The van der Waals surface area contributed by atoms with Crippen molar-refractivity contribution >= 4 is 44.9 Å². The van der Waals surface area contributed by atoms with Crippen LogP contribution in [0, 0.1) is 0 Å². The van der Waals surface area contributed by atoms with Crippen molar-refractivity contribution in [3.63, 3.8) is 0 Å². The summed E-state index contributed by atoms with van der Waals surface area (Å²) < 4.78 is 32.6. The van der Waals surface area contributed by atoms with Gasteiger partial charge in [0.25, 0.3) is 15.9 Å². The summed E-state index contributed by atoms with van der Waals surface area (Å²) in [6, 6.07) is 12.0. The highest BCUT2D eigenvalue weighted by Crippen LogP contribution is 2.20. The van der Waals surface area contributed by atoms with E-state index in [0.29, 0.717) is 16.3 Å². The normalized spacial score (nSPS) is 11.0. The number of benzene rings is 2. The first-order valence-corrected chi connectivity index (χ1v) is 10.6. The Balaban J connectivity index is 1.76. The average molecular weight is 449 g/mol. The molecule has 0 unspecified atom stereocenters. The van der Waals surface area contributed by atoms with Gasteiger partial charge in [-0.05, 0) is 55.5 Å². The van der Waals surface area contributed by atoms with Gasteiger partial charge in [-0.15, -0.1) is 0 Å². The minimum atomic E-state index is -4.11. The number of aromatic amines is 1. The third-order valence-corrected chi connectivity index (χ3v) is 5.47. The highest BCUT2D eigenvalue weighted by atomic mass is 35.5. The molecule has 3 N–H and O–H groups in total. The second-order valence-corrected chi connectivity index (χ2v) is 8.03. The molecule has 11 heteroatoms. The molecule has 156 valence electrons. The number of nitrogens with one attached hydrogen (secondary N) is 3. The van der Waals surface area contributed by atoms with E-state index in [1.54, 1.807) is 6.92 Å². The van der Waals surface area contributed by atoms with Gasteiger partial charge in [-0.1, -0.05) is 11.6 Å². The third-order valence-electron chi connectivity index (χ3n) is 3.87. The summed E-state index contributed by atoms with van der Waals surface area (Å²) in [4.78, 5) is 24.3. The minimum absolute atomic E-state index is 0.175. The van der Waals surface area contributed by atoms with Crippen LogP contribution in [0.2, 0.25) is 5.02 Å². The molecule has 0 radical (unpaired) electrons. The van der Waals surface area contributed by atoms with Gasteiger partial charge in [0.15, 0.2) is 5.03 Å². The zero-order valence-corrected chi connectivity index (χ0v) is 17.3. The number of carbonyl (C=O) groups excluding carboxylic acids is 2. The molecule has 1 aromatic heterocycles. The van der Waals surface area contributed by atoms with E-state index in [1.807, 2.05) is 0 Å². The molecule has 0 aliphatic heterocycles. The maximum Gasteiger partial charge on any atom is 0.338 e. The van der Waals surface area contributed by atoms with E-state index in [-0.39, 0.29) is 17.9 Å². The van der Waals surface area contributed by atoms with Gasteiger partial charge in [0.1, 0.15) is 0 Å². The number of anilines is 2. The van der Waals surface area contributed by atoms with Gasteiger partial charge < -0.3 is 10.1 Å². The topological polar surface area (TPSA) is 130 Å². The first-order valence-electron chi connectivity index (χ1n) is 8.70. The fourth-order valence-electron chi connectivity index (χ4n) is 2.47. The molecule has 9 nitrogen and oxygen atoms in total. The molecule has 0 saturated heterocycles. The van der Waals surface area contributed by atoms with Gasteiger partial charge in [-0.25, -0.2) is 4.79 Å². The van der Waals surface area contributed by atoms with Crippen LogP contribution in [0.5, 0.6) is 0 Å². The molecule has 30 heavy (non-hydrogen) atoms. The smallest absolute Gasteiger partial charge is 0.338 e. The van der Waals surface area contributed by atoms with Crippen molar-refractivity contribution in [1.29, 1.82) is 0 Å². The zero-order valence-electron chi connectivity index (χ0n) is 15.7. The van der Waals surface area contributed by atoms with E-state index < -0.39 is 26.9 Å². The van der Waals surface area contributed by atoms with E-state index in [0.717, 1.165) is 6.20 Å². The number of rotatable bonds is 7. The molecular formula is C19H17ClN4O5S. The van der Waals surface area contributed by atoms with Crippen LogP contribution in [0.15, 0.2) is 59.8 Å². The predicted octanol–water partition coefficient (Wildman–Crippen LogP) is 3.29. The van der Waals surface area contributed by atoms with E-state index in [1.165, 1.54) is 48.5 Å². The van der Waals surface area contributed by atoms with Crippen LogP contribution in [-0.2, 0) is 14.8 Å². The summed E-state index contributed by atoms with van der Waals surface area (Å²) in [6.45, 7) is 1.95. The molecule has 3 aromatic rings. The second-order valence-electron chi connectivity index (χ2n) is 5.98. The second kappa shape index (κ2) is 8.97. The summed E-state index contributed by atoms with van der Waals surface area (Å²) in [5, 5.41) is 8.64. The molecule has 3 rings (SSSR count). The highest BCUT2D eigenvalue weighted by molar-refractivity contribution is 7.92. The maximum atomic E-state index is 12.7. The Kier molecular flexibility index (Phi) is 6.38. The zero-order chi connectivity index (χ0) is 21.7. The quantitative estimate of drug-likeness (QED) is 0.475. The minimum Gasteiger partial charge on any atom is -0.462 e. The Labute approximate surface area is 177 Å². The number of H-pyrrole nitrogens is 1. The Bertz CT molecular complexity index is 1160. The van der Waals surface area contributed by atoms with E-state index in [9.17, 15) is 18.0 Å². The Morgan fingerprint density at radius 3 is 2.33 bits per heavy atom. The van der Waals surface area contributed by atoms with Crippen LogP contribution in [0.25, 0.3) is 0 Å². The number of hydrogen-bond donors (Lipinski definition) is 3. The lowest BCUT2D eigenvalue weighted by Gasteiger charge is -2.09. The van der Waals surface area contributed by atoms with Gasteiger partial charge in [0.05, 0.1) is 23.9 Å². The van der Waals surface area contributed by atoms with Crippen LogP contribution in [0.3, 0.4) is 0 Å². The standard InChI is InChI=1S/C19H17ClN4O5S/c1-2-29-19(26)12-3-7-14(8-4-12)22-17(25)16-11-21-23-18(16)30(27,28)24-15-9-5-13(20)6-10-15/h3-11,24H,2H2,1H3,(H,21,23)(H,22,25). The molecule has 0 atom stereocenters. The van der Waals surface area contributed by atoms with Gasteiger partial charge >= 0.3 is 5.97 Å². The van der Waals surface area contributed by atoms with E-state index >= 15 is 0 Å². The molecular weight excluding hydrogens is 432 g/mol. The number of aromatic nitrogens is 2. The summed E-state index contributed by atoms with van der Waals surface area (Å²) in [5.74, 6) is -1.17. The van der Waals surface area contributed by atoms with Crippen LogP contribution < -0.4 is 10.0 Å². The van der Waals surface area contributed by atoms with Gasteiger partial charge in [-0.3, -0.25) is 14.6 Å². The number of carbonyl (C=O) groups is 2. The molecule has 0 saturated carbocycles. The van der Waals surface area contributed by atoms with Crippen molar-refractivity contribution in [2.24, 2.45) is 0 Å². The van der Waals surface area contributed by atoms with Gasteiger partial charge in [0, 0.05) is 16.4 Å². The van der Waals surface area contributed by atoms with Crippen molar-refractivity contribution in [3.8, 4) is 0 Å². The largest absolute Gasteiger partial charge is 0.462 e. The SMILES string of the molecule is CCOC(=O)c1ccc(NC(=O)c2cn[nH]c2S(=O)(=O)Nc2ccc(Cl)cc2)cc1. The molecule has 2 aromatic carbocycles. The van der Waals surface area contributed by atoms with Crippen molar-refractivity contribution in [2.45, 2.75) is 11.9 Å². The Morgan fingerprint density at radius 2 is 1.70 bits per heavy atom. The maximum absolute atomic E-state index is 12.7. The van der Waals surface area contributed by atoms with Crippen molar-refractivity contribution in [3.05, 3.63) is 70.9 Å². The monoisotopic (exact) mass is 448 g/mol. The van der Waals surface area contributed by atoms with Crippen LogP contribution >= 0.6 is 11.6 Å². The average Bonchev–Trinajstić information content (AvgIpc) is 3.21. The lowest BCUT2D eigenvalue weighted by atomic mass is 10.2. The molecule has 0 fully saturated rings. The van der Waals surface area contributed by atoms with Gasteiger partial charge in [-0.2, -0.15) is 13.5 Å². The Hall–Kier alpha value is -3.37. The molecule has 0 aliphatic rings. The van der Waals surface area contributed by atoms with Crippen molar-refractivity contribution in [1.82, 2.24) is 10.2 Å². The number of halogens is 1. The third kappa shape index (κ3) is 4.97. The number of ether oxygens (including phenoxy) is 1. The first-order chi connectivity index (χ1) is 14.3. The molecule has 1 heterocycles. The summed E-state index contributed by atoms with van der Waals surface area (Å²) in [7, 11) is -4.11. The van der Waals surface area contributed by atoms with Crippen LogP contribution in [-0.4, -0.2) is 37.1 Å². The van der Waals surface area contributed by atoms with E-state index in [4.69, 9.17) is 16.3 Å². The number of sulfonamides is 1. The number of amides is 1. The molecule has 0 spiro atoms. The van der Waals surface area contributed by atoms with Gasteiger partial charge in [0.2, 0.25) is 0 Å². The summed E-state index contributed by atoms with van der Waals surface area (Å²) in [5.41, 5.74) is 0.790. The molecule has 0 bridgehead atoms. The summed E-state index contributed by atoms with van der Waals surface area (Å²) >= 11 is 5.80.